The van der Waals surface area contributed by atoms with Gasteiger partial charge in [-0.1, -0.05) is 30.7 Å². The van der Waals surface area contributed by atoms with Crippen LogP contribution in [0.15, 0.2) is 42.6 Å². The standard InChI is InChI=1S/C19H19ClN2OS/c1-3-17-10-15(8-9-21-17)19-22-18(13(2)24-19)12-23-11-14-4-6-16(20)7-5-14/h4-10H,3,11-12H2,1-2H3. The van der Waals surface area contributed by atoms with E-state index in [1.165, 1.54) is 4.88 Å². The monoisotopic (exact) mass is 358 g/mol. The maximum absolute atomic E-state index is 5.89. The van der Waals surface area contributed by atoms with E-state index in [9.17, 15) is 0 Å². The van der Waals surface area contributed by atoms with Gasteiger partial charge in [-0.3, -0.25) is 4.98 Å². The Morgan fingerprint density at radius 1 is 1.12 bits per heavy atom. The summed E-state index contributed by atoms with van der Waals surface area (Å²) in [4.78, 5) is 10.3. The van der Waals surface area contributed by atoms with E-state index in [2.05, 4.69) is 24.9 Å². The fourth-order valence-corrected chi connectivity index (χ4v) is 3.38. The number of thiazole rings is 1. The third-order valence-corrected chi connectivity index (χ3v) is 5.05. The highest BCUT2D eigenvalue weighted by Gasteiger charge is 2.10. The first-order valence-electron chi connectivity index (χ1n) is 7.89. The highest BCUT2D eigenvalue weighted by atomic mass is 35.5. The molecular weight excluding hydrogens is 340 g/mol. The van der Waals surface area contributed by atoms with Gasteiger partial charge >= 0.3 is 0 Å². The fourth-order valence-electron chi connectivity index (χ4n) is 2.34. The Morgan fingerprint density at radius 3 is 2.67 bits per heavy atom. The number of pyridine rings is 1. The lowest BCUT2D eigenvalue weighted by Crippen LogP contribution is -1.96. The van der Waals surface area contributed by atoms with Gasteiger partial charge in [-0.05, 0) is 43.2 Å². The van der Waals surface area contributed by atoms with E-state index in [1.54, 1.807) is 11.3 Å². The minimum absolute atomic E-state index is 0.511. The predicted octanol–water partition coefficient (Wildman–Crippen LogP) is 5.45. The minimum atomic E-state index is 0.511. The molecule has 0 N–H and O–H groups in total. The first-order valence-corrected chi connectivity index (χ1v) is 9.09. The molecule has 0 aliphatic carbocycles. The molecule has 0 aliphatic rings. The molecule has 2 aromatic heterocycles. The van der Waals surface area contributed by atoms with Gasteiger partial charge in [0.1, 0.15) is 5.01 Å². The van der Waals surface area contributed by atoms with Crippen LogP contribution in [0.2, 0.25) is 5.02 Å². The number of ether oxygens (including phenoxy) is 1. The van der Waals surface area contributed by atoms with Crippen molar-refractivity contribution in [1.82, 2.24) is 9.97 Å². The highest BCUT2D eigenvalue weighted by Crippen LogP contribution is 2.28. The van der Waals surface area contributed by atoms with Gasteiger partial charge in [0.2, 0.25) is 0 Å². The molecule has 3 aromatic rings. The van der Waals surface area contributed by atoms with E-state index >= 15 is 0 Å². The summed E-state index contributed by atoms with van der Waals surface area (Å²) in [5.41, 5.74) is 4.31. The number of hydrogen-bond donors (Lipinski definition) is 0. The van der Waals surface area contributed by atoms with Crippen LogP contribution in [0.1, 0.15) is 28.8 Å². The van der Waals surface area contributed by atoms with E-state index in [0.29, 0.717) is 13.2 Å². The van der Waals surface area contributed by atoms with Crippen LogP contribution >= 0.6 is 22.9 Å². The lowest BCUT2D eigenvalue weighted by atomic mass is 10.2. The van der Waals surface area contributed by atoms with Crippen LogP contribution in [-0.2, 0) is 24.4 Å². The van der Waals surface area contributed by atoms with Gasteiger partial charge in [-0.15, -0.1) is 11.3 Å². The molecule has 0 unspecified atom stereocenters. The Morgan fingerprint density at radius 2 is 1.92 bits per heavy atom. The summed E-state index contributed by atoms with van der Waals surface area (Å²) in [6, 6.07) is 11.8. The topological polar surface area (TPSA) is 35.0 Å². The van der Waals surface area contributed by atoms with Crippen molar-refractivity contribution in [3.8, 4) is 10.6 Å². The van der Waals surface area contributed by atoms with E-state index in [-0.39, 0.29) is 0 Å². The molecule has 3 rings (SSSR count). The second-order valence-electron chi connectivity index (χ2n) is 5.53. The Balaban J connectivity index is 1.66. The van der Waals surface area contributed by atoms with Crippen molar-refractivity contribution in [2.24, 2.45) is 0 Å². The summed E-state index contributed by atoms with van der Waals surface area (Å²) >= 11 is 7.59. The molecule has 0 saturated carbocycles. The second kappa shape index (κ2) is 7.88. The zero-order chi connectivity index (χ0) is 16.9. The number of aryl methyl sites for hydroxylation is 2. The van der Waals surface area contributed by atoms with Crippen molar-refractivity contribution >= 4 is 22.9 Å². The molecule has 0 fully saturated rings. The average Bonchev–Trinajstić information content (AvgIpc) is 2.98. The SMILES string of the molecule is CCc1cc(-c2nc(COCc3ccc(Cl)cc3)c(C)s2)ccn1. The van der Waals surface area contributed by atoms with Gasteiger partial charge in [0.15, 0.2) is 0 Å². The Kier molecular flexibility index (Phi) is 5.61. The lowest BCUT2D eigenvalue weighted by molar-refractivity contribution is 0.104. The molecule has 5 heteroatoms. The average molecular weight is 359 g/mol. The van der Waals surface area contributed by atoms with Crippen molar-refractivity contribution in [2.45, 2.75) is 33.5 Å². The normalized spacial score (nSPS) is 11.0. The number of aromatic nitrogens is 2. The molecule has 0 atom stereocenters. The molecule has 0 amide bonds. The Hall–Kier alpha value is -1.75. The molecule has 24 heavy (non-hydrogen) atoms. The maximum atomic E-state index is 5.89. The van der Waals surface area contributed by atoms with E-state index in [4.69, 9.17) is 21.3 Å². The van der Waals surface area contributed by atoms with Gasteiger partial charge in [0.05, 0.1) is 18.9 Å². The molecule has 0 spiro atoms. The van der Waals surface area contributed by atoms with Gasteiger partial charge in [0.25, 0.3) is 0 Å². The molecular formula is C19H19ClN2OS. The van der Waals surface area contributed by atoms with Crippen LogP contribution in [0, 0.1) is 6.92 Å². The molecule has 124 valence electrons. The third kappa shape index (κ3) is 4.20. The number of rotatable bonds is 6. The molecule has 0 aliphatic heterocycles. The quantitative estimate of drug-likeness (QED) is 0.588. The van der Waals surface area contributed by atoms with Gasteiger partial charge < -0.3 is 4.74 Å². The van der Waals surface area contributed by atoms with Gasteiger partial charge in [-0.25, -0.2) is 4.98 Å². The lowest BCUT2D eigenvalue weighted by Gasteiger charge is -2.03. The van der Waals surface area contributed by atoms with Crippen LogP contribution in [0.25, 0.3) is 10.6 Å². The van der Waals surface area contributed by atoms with Crippen LogP contribution < -0.4 is 0 Å². The summed E-state index contributed by atoms with van der Waals surface area (Å²) in [5.74, 6) is 0. The van der Waals surface area contributed by atoms with E-state index < -0.39 is 0 Å². The third-order valence-electron chi connectivity index (χ3n) is 3.74. The van der Waals surface area contributed by atoms with Crippen molar-refractivity contribution < 1.29 is 4.74 Å². The van der Waals surface area contributed by atoms with Crippen molar-refractivity contribution in [3.05, 3.63) is 69.4 Å². The molecule has 2 heterocycles. The summed E-state index contributed by atoms with van der Waals surface area (Å²) in [5, 5.41) is 1.76. The van der Waals surface area contributed by atoms with E-state index in [1.807, 2.05) is 36.5 Å². The number of hydrogen-bond acceptors (Lipinski definition) is 4. The first kappa shape index (κ1) is 17.1. The van der Waals surface area contributed by atoms with E-state index in [0.717, 1.165) is 39.0 Å². The largest absolute Gasteiger partial charge is 0.370 e. The van der Waals surface area contributed by atoms with Gasteiger partial charge in [-0.2, -0.15) is 0 Å². The number of benzene rings is 1. The predicted molar refractivity (Wildman–Crippen MR) is 99.4 cm³/mol. The summed E-state index contributed by atoms with van der Waals surface area (Å²) in [7, 11) is 0. The highest BCUT2D eigenvalue weighted by molar-refractivity contribution is 7.15. The molecule has 0 saturated heterocycles. The van der Waals surface area contributed by atoms with Crippen LogP contribution in [0.3, 0.4) is 0 Å². The number of nitrogens with zero attached hydrogens (tertiary/aromatic N) is 2. The first-order chi connectivity index (χ1) is 11.7. The van der Waals surface area contributed by atoms with Crippen molar-refractivity contribution in [2.75, 3.05) is 0 Å². The molecule has 3 nitrogen and oxygen atoms in total. The van der Waals surface area contributed by atoms with Gasteiger partial charge in [0, 0.05) is 27.4 Å². The molecule has 0 radical (unpaired) electrons. The maximum Gasteiger partial charge on any atom is 0.124 e. The Bertz CT molecular complexity index is 814. The summed E-state index contributed by atoms with van der Waals surface area (Å²) < 4.78 is 5.81. The minimum Gasteiger partial charge on any atom is -0.370 e. The summed E-state index contributed by atoms with van der Waals surface area (Å²) in [6.45, 7) is 5.26. The van der Waals surface area contributed by atoms with Crippen LogP contribution in [0.4, 0.5) is 0 Å². The molecule has 1 aromatic carbocycles. The zero-order valence-corrected chi connectivity index (χ0v) is 15.3. The van der Waals surface area contributed by atoms with Crippen molar-refractivity contribution in [1.29, 1.82) is 0 Å². The zero-order valence-electron chi connectivity index (χ0n) is 13.8. The second-order valence-corrected chi connectivity index (χ2v) is 7.17. The smallest absolute Gasteiger partial charge is 0.124 e. The summed E-state index contributed by atoms with van der Waals surface area (Å²) in [6.07, 6.45) is 2.77. The number of halogens is 1. The fraction of sp³-hybridized carbons (Fsp3) is 0.263. The molecule has 0 bridgehead atoms. The van der Waals surface area contributed by atoms with Crippen LogP contribution in [-0.4, -0.2) is 9.97 Å². The van der Waals surface area contributed by atoms with Crippen LogP contribution in [0.5, 0.6) is 0 Å². The Labute approximate surface area is 151 Å². The van der Waals surface area contributed by atoms with Crippen molar-refractivity contribution in [3.63, 3.8) is 0 Å².